The van der Waals surface area contributed by atoms with Gasteiger partial charge in [0.05, 0.1) is 58.5 Å². The van der Waals surface area contributed by atoms with E-state index in [-0.39, 0.29) is 32.3 Å². The molecule has 1 N–H and O–H groups in total. The minimum absolute atomic E-state index is 0.163. The van der Waals surface area contributed by atoms with Crippen LogP contribution in [0.2, 0.25) is 0 Å². The molecule has 6 aromatic carbocycles. The van der Waals surface area contributed by atoms with E-state index in [0.29, 0.717) is 32.8 Å². The zero-order valence-electron chi connectivity index (χ0n) is 37.6. The monoisotopic (exact) mass is 894 g/mol. The van der Waals surface area contributed by atoms with Gasteiger partial charge in [0.25, 0.3) is 0 Å². The van der Waals surface area contributed by atoms with Crippen molar-refractivity contribution in [1.82, 2.24) is 0 Å². The lowest BCUT2D eigenvalue weighted by atomic mass is 9.80. The molecule has 346 valence electrons. The minimum atomic E-state index is -0.820. The summed E-state index contributed by atoms with van der Waals surface area (Å²) in [6.45, 7) is 1.85. The summed E-state index contributed by atoms with van der Waals surface area (Å²) in [4.78, 5) is 0. The highest BCUT2D eigenvalue weighted by Crippen LogP contribution is 2.39. The van der Waals surface area contributed by atoms with Crippen molar-refractivity contribution >= 4 is 0 Å². The van der Waals surface area contributed by atoms with Gasteiger partial charge in [-0.2, -0.15) is 0 Å². The largest absolute Gasteiger partial charge is 0.396 e. The third kappa shape index (κ3) is 13.3. The van der Waals surface area contributed by atoms with Crippen LogP contribution in [0.5, 0.6) is 0 Å². The highest BCUT2D eigenvalue weighted by atomic mass is 16.7. The third-order valence-electron chi connectivity index (χ3n) is 12.2. The van der Waals surface area contributed by atoms with Crippen molar-refractivity contribution in [3.63, 3.8) is 0 Å². The molecule has 0 radical (unpaired) electrons. The molecule has 0 spiro atoms. The molecule has 10 heteroatoms. The number of benzene rings is 6. The van der Waals surface area contributed by atoms with Crippen LogP contribution < -0.4 is 0 Å². The third-order valence-corrected chi connectivity index (χ3v) is 12.2. The highest BCUT2D eigenvalue weighted by molar-refractivity contribution is 5.18. The van der Waals surface area contributed by atoms with E-state index in [1.807, 2.05) is 182 Å². The van der Waals surface area contributed by atoms with E-state index in [4.69, 9.17) is 42.6 Å². The number of methoxy groups -OCH3 is 1. The fourth-order valence-corrected chi connectivity index (χ4v) is 8.80. The average molecular weight is 895 g/mol. The van der Waals surface area contributed by atoms with Crippen LogP contribution in [-0.2, 0) is 82.3 Å². The van der Waals surface area contributed by atoms with Crippen LogP contribution in [-0.4, -0.2) is 80.6 Å². The molecule has 1 saturated heterocycles. The lowest BCUT2D eigenvalue weighted by Gasteiger charge is -2.50. The molecular weight excluding hydrogens is 833 g/mol. The maximum absolute atomic E-state index is 11.3. The highest BCUT2D eigenvalue weighted by Gasteiger charge is 2.53. The van der Waals surface area contributed by atoms with E-state index in [0.717, 1.165) is 33.4 Å². The van der Waals surface area contributed by atoms with Crippen LogP contribution in [0.25, 0.3) is 0 Å². The summed E-state index contributed by atoms with van der Waals surface area (Å²) in [6, 6.07) is 60.3. The predicted molar refractivity (Wildman–Crippen MR) is 251 cm³/mol. The number of aliphatic hydroxyl groups excluding tert-OH is 1. The van der Waals surface area contributed by atoms with Gasteiger partial charge in [0.2, 0.25) is 0 Å². The maximum Gasteiger partial charge on any atom is 0.186 e. The normalized spacial score (nSPS) is 25.4. The Morgan fingerprint density at radius 1 is 0.424 bits per heavy atom. The first kappa shape index (κ1) is 47.4. The second kappa shape index (κ2) is 25.2. The van der Waals surface area contributed by atoms with Crippen LogP contribution >= 0.6 is 0 Å². The number of rotatable bonds is 23. The average Bonchev–Trinajstić information content (AvgIpc) is 3.38. The van der Waals surface area contributed by atoms with E-state index in [9.17, 15) is 5.11 Å². The van der Waals surface area contributed by atoms with E-state index in [1.165, 1.54) is 0 Å². The van der Waals surface area contributed by atoms with Crippen molar-refractivity contribution in [2.24, 2.45) is 5.92 Å². The molecule has 8 rings (SSSR count). The van der Waals surface area contributed by atoms with E-state index in [2.05, 4.69) is 0 Å². The summed E-state index contributed by atoms with van der Waals surface area (Å²) >= 11 is 0. The van der Waals surface area contributed by atoms with Crippen LogP contribution in [0.1, 0.15) is 39.8 Å². The molecule has 0 unspecified atom stereocenters. The van der Waals surface area contributed by atoms with Gasteiger partial charge in [0.1, 0.15) is 36.6 Å². The molecule has 1 saturated carbocycles. The van der Waals surface area contributed by atoms with Gasteiger partial charge in [-0.05, 0) is 39.8 Å². The molecule has 66 heavy (non-hydrogen) atoms. The number of hydrogen-bond acceptors (Lipinski definition) is 10. The van der Waals surface area contributed by atoms with Crippen LogP contribution in [0.4, 0.5) is 0 Å². The number of aliphatic hydroxyl groups is 1. The van der Waals surface area contributed by atoms with E-state index < -0.39 is 55.1 Å². The van der Waals surface area contributed by atoms with Gasteiger partial charge in [-0.25, -0.2) is 0 Å². The summed E-state index contributed by atoms with van der Waals surface area (Å²) in [5.74, 6) is -0.381. The SMILES string of the molecule is CO[C@H]1O[C@H](COCc2ccccc2)[C@@H](O[C@H]2C[C@@H](CO)[C@@H](OCc3ccccc3)[C@H](OCc3ccccc3)[C@H]2OCc2ccccc2)[C@H](OCc2ccccc2)[C@H]1OCc1ccccc1. The summed E-state index contributed by atoms with van der Waals surface area (Å²) in [7, 11) is 1.62. The molecule has 1 aliphatic carbocycles. The van der Waals surface area contributed by atoms with Gasteiger partial charge in [0.15, 0.2) is 6.29 Å². The fourth-order valence-electron chi connectivity index (χ4n) is 8.80. The van der Waals surface area contributed by atoms with Crippen molar-refractivity contribution in [2.75, 3.05) is 20.3 Å². The van der Waals surface area contributed by atoms with Crippen LogP contribution in [0.3, 0.4) is 0 Å². The Hall–Kier alpha value is -5.08. The topological polar surface area (TPSA) is 103 Å². The molecule has 10 nitrogen and oxygen atoms in total. The maximum atomic E-state index is 11.3. The molecule has 2 aliphatic rings. The van der Waals surface area contributed by atoms with Gasteiger partial charge in [-0.15, -0.1) is 0 Å². The Morgan fingerprint density at radius 3 is 1.17 bits per heavy atom. The smallest absolute Gasteiger partial charge is 0.186 e. The Bertz CT molecular complexity index is 2220. The lowest BCUT2D eigenvalue weighted by molar-refractivity contribution is -0.336. The number of hydrogen-bond donors (Lipinski definition) is 1. The first-order valence-corrected chi connectivity index (χ1v) is 23.0. The van der Waals surface area contributed by atoms with Gasteiger partial charge < -0.3 is 47.7 Å². The molecule has 0 amide bonds. The van der Waals surface area contributed by atoms with Crippen molar-refractivity contribution in [2.45, 2.75) is 101 Å². The van der Waals surface area contributed by atoms with E-state index in [1.54, 1.807) is 7.11 Å². The Labute approximate surface area is 389 Å². The van der Waals surface area contributed by atoms with Gasteiger partial charge in [-0.1, -0.05) is 182 Å². The molecule has 1 aliphatic heterocycles. The summed E-state index contributed by atoms with van der Waals surface area (Å²) < 4.78 is 61.5. The first-order valence-electron chi connectivity index (χ1n) is 23.0. The molecule has 0 aromatic heterocycles. The lowest BCUT2D eigenvalue weighted by Crippen LogP contribution is -2.65. The van der Waals surface area contributed by atoms with Crippen molar-refractivity contribution in [3.05, 3.63) is 215 Å². The van der Waals surface area contributed by atoms with E-state index >= 15 is 0 Å². The van der Waals surface area contributed by atoms with Gasteiger partial charge >= 0.3 is 0 Å². The standard InChI is InChI=1S/C56H62O10/c1-58-56-55(64-39-46-30-18-7-19-31-46)54(63-38-45-28-16-6-17-29-45)52(49(66-56)40-59-34-41-20-8-2-9-21-41)65-48-32-47(33-57)50(60-35-42-22-10-3-11-23-42)53(62-37-44-26-14-5-15-27-44)51(48)61-36-43-24-12-4-13-25-43/h2-31,47-57H,32-40H2,1H3/t47-,48-,49+,50+,51-,52+,53-,54-,55+,56-/m0/s1. The molecule has 0 bridgehead atoms. The summed E-state index contributed by atoms with van der Waals surface area (Å²) in [5.41, 5.74) is 6.03. The quantitative estimate of drug-likeness (QED) is 0.0670. The zero-order chi connectivity index (χ0) is 45.2. The van der Waals surface area contributed by atoms with Crippen LogP contribution in [0, 0.1) is 5.92 Å². The Morgan fingerprint density at radius 2 is 0.773 bits per heavy atom. The zero-order valence-corrected chi connectivity index (χ0v) is 37.6. The molecule has 1 heterocycles. The molecule has 10 atom stereocenters. The van der Waals surface area contributed by atoms with Crippen LogP contribution in [0.15, 0.2) is 182 Å². The van der Waals surface area contributed by atoms with Crippen molar-refractivity contribution in [1.29, 1.82) is 0 Å². The van der Waals surface area contributed by atoms with Gasteiger partial charge in [-0.3, -0.25) is 0 Å². The summed E-state index contributed by atoms with van der Waals surface area (Å²) in [6.07, 6.45) is -5.80. The number of ether oxygens (including phenoxy) is 9. The first-order chi connectivity index (χ1) is 32.6. The molecule has 6 aromatic rings. The molecule has 2 fully saturated rings. The van der Waals surface area contributed by atoms with Gasteiger partial charge in [0, 0.05) is 19.6 Å². The second-order valence-corrected chi connectivity index (χ2v) is 16.9. The minimum Gasteiger partial charge on any atom is -0.396 e. The summed E-state index contributed by atoms with van der Waals surface area (Å²) in [5, 5.41) is 11.3. The Kier molecular flexibility index (Phi) is 18.1. The predicted octanol–water partition coefficient (Wildman–Crippen LogP) is 9.27. The Balaban J connectivity index is 1.16. The van der Waals surface area contributed by atoms with Crippen molar-refractivity contribution in [3.8, 4) is 0 Å². The second-order valence-electron chi connectivity index (χ2n) is 16.9. The molecular formula is C56H62O10. The van der Waals surface area contributed by atoms with Crippen molar-refractivity contribution < 1.29 is 47.7 Å². The fraction of sp³-hybridized carbons (Fsp3) is 0.357.